The zero-order valence-electron chi connectivity index (χ0n) is 13.2. The van der Waals surface area contributed by atoms with Crippen LogP contribution in [-0.2, 0) is 0 Å². The summed E-state index contributed by atoms with van der Waals surface area (Å²) in [4.78, 5) is 12.4. The summed E-state index contributed by atoms with van der Waals surface area (Å²) in [6.07, 6.45) is 1.66. The Bertz CT molecular complexity index is 882. The first-order valence-corrected chi connectivity index (χ1v) is 7.43. The van der Waals surface area contributed by atoms with E-state index in [0.717, 1.165) is 5.39 Å². The Morgan fingerprint density at radius 3 is 2.88 bits per heavy atom. The minimum absolute atomic E-state index is 0.215. The molecule has 2 aromatic carbocycles. The molecule has 0 saturated heterocycles. The molecule has 0 aliphatic heterocycles. The lowest BCUT2D eigenvalue weighted by Gasteiger charge is -2.07. The second-order valence-electron chi connectivity index (χ2n) is 5.07. The highest BCUT2D eigenvalue weighted by molar-refractivity contribution is 6.05. The third kappa shape index (κ3) is 3.25. The number of furan rings is 1. The SMILES string of the molecule is C=CCOc1cccc(NC(=O)c2cc3cccc(OC)c3o2)c1. The zero-order chi connectivity index (χ0) is 16.9. The normalized spacial score (nSPS) is 10.4. The van der Waals surface area contributed by atoms with Crippen molar-refractivity contribution in [3.63, 3.8) is 0 Å². The van der Waals surface area contributed by atoms with E-state index in [0.29, 0.717) is 29.4 Å². The number of nitrogens with one attached hydrogen (secondary N) is 1. The maximum Gasteiger partial charge on any atom is 0.291 e. The predicted octanol–water partition coefficient (Wildman–Crippen LogP) is 4.26. The fourth-order valence-electron chi connectivity index (χ4n) is 2.32. The van der Waals surface area contributed by atoms with Crippen molar-refractivity contribution in [1.82, 2.24) is 0 Å². The van der Waals surface area contributed by atoms with E-state index in [9.17, 15) is 4.79 Å². The molecule has 122 valence electrons. The largest absolute Gasteiger partial charge is 0.493 e. The first-order valence-electron chi connectivity index (χ1n) is 7.43. The van der Waals surface area contributed by atoms with Crippen LogP contribution in [0.25, 0.3) is 11.0 Å². The molecule has 0 atom stereocenters. The fourth-order valence-corrected chi connectivity index (χ4v) is 2.32. The van der Waals surface area contributed by atoms with Gasteiger partial charge in [-0.25, -0.2) is 0 Å². The Morgan fingerprint density at radius 2 is 2.08 bits per heavy atom. The molecule has 24 heavy (non-hydrogen) atoms. The monoisotopic (exact) mass is 323 g/mol. The van der Waals surface area contributed by atoms with Gasteiger partial charge in [0.05, 0.1) is 7.11 Å². The van der Waals surface area contributed by atoms with E-state index >= 15 is 0 Å². The number of carbonyl (C=O) groups is 1. The summed E-state index contributed by atoms with van der Waals surface area (Å²) >= 11 is 0. The summed E-state index contributed by atoms with van der Waals surface area (Å²) in [5.74, 6) is 1.12. The summed E-state index contributed by atoms with van der Waals surface area (Å²) in [6, 6.07) is 14.3. The smallest absolute Gasteiger partial charge is 0.291 e. The fraction of sp³-hybridized carbons (Fsp3) is 0.105. The van der Waals surface area contributed by atoms with Crippen LogP contribution in [0.4, 0.5) is 5.69 Å². The van der Waals surface area contributed by atoms with Crippen LogP contribution in [0.15, 0.2) is 65.6 Å². The molecule has 0 aliphatic rings. The molecule has 0 aliphatic carbocycles. The summed E-state index contributed by atoms with van der Waals surface area (Å²) in [6.45, 7) is 4.01. The van der Waals surface area contributed by atoms with Gasteiger partial charge < -0.3 is 19.2 Å². The van der Waals surface area contributed by atoms with E-state index in [1.54, 1.807) is 43.5 Å². The van der Waals surface area contributed by atoms with Crippen LogP contribution in [0, 0.1) is 0 Å². The minimum atomic E-state index is -0.339. The average Bonchev–Trinajstić information content (AvgIpc) is 3.04. The van der Waals surface area contributed by atoms with Gasteiger partial charge in [-0.1, -0.05) is 30.9 Å². The van der Waals surface area contributed by atoms with Gasteiger partial charge in [-0.15, -0.1) is 0 Å². The van der Waals surface area contributed by atoms with Crippen molar-refractivity contribution < 1.29 is 18.7 Å². The number of ether oxygens (including phenoxy) is 2. The molecular weight excluding hydrogens is 306 g/mol. The molecule has 0 unspecified atom stereocenters. The molecule has 1 N–H and O–H groups in total. The molecule has 1 amide bonds. The van der Waals surface area contributed by atoms with Crippen LogP contribution >= 0.6 is 0 Å². The summed E-state index contributed by atoms with van der Waals surface area (Å²) in [5.41, 5.74) is 1.17. The first-order chi connectivity index (χ1) is 11.7. The first kappa shape index (κ1) is 15.7. The van der Waals surface area contributed by atoms with Gasteiger partial charge in [-0.05, 0) is 24.3 Å². The van der Waals surface area contributed by atoms with Crippen molar-refractivity contribution in [3.8, 4) is 11.5 Å². The minimum Gasteiger partial charge on any atom is -0.493 e. The molecule has 3 rings (SSSR count). The Kier molecular flexibility index (Phi) is 4.52. The number of fused-ring (bicyclic) bond motifs is 1. The lowest BCUT2D eigenvalue weighted by molar-refractivity contribution is 0.0998. The molecule has 5 heteroatoms. The van der Waals surface area contributed by atoms with Gasteiger partial charge in [0.25, 0.3) is 5.91 Å². The van der Waals surface area contributed by atoms with Crippen molar-refractivity contribution in [2.24, 2.45) is 0 Å². The highest BCUT2D eigenvalue weighted by Gasteiger charge is 2.15. The zero-order valence-corrected chi connectivity index (χ0v) is 13.2. The van der Waals surface area contributed by atoms with Gasteiger partial charge in [0, 0.05) is 17.1 Å². The summed E-state index contributed by atoms with van der Waals surface area (Å²) in [5, 5.41) is 3.60. The molecule has 0 spiro atoms. The van der Waals surface area contributed by atoms with Gasteiger partial charge in [-0.2, -0.15) is 0 Å². The average molecular weight is 323 g/mol. The van der Waals surface area contributed by atoms with E-state index in [4.69, 9.17) is 13.9 Å². The molecule has 0 bridgehead atoms. The predicted molar refractivity (Wildman–Crippen MR) is 92.9 cm³/mol. The van der Waals surface area contributed by atoms with E-state index in [-0.39, 0.29) is 11.7 Å². The topological polar surface area (TPSA) is 60.7 Å². The van der Waals surface area contributed by atoms with E-state index in [2.05, 4.69) is 11.9 Å². The third-order valence-electron chi connectivity index (χ3n) is 3.41. The standard InChI is InChI=1S/C19H17NO4/c1-3-10-23-15-8-5-7-14(12-15)20-19(21)17-11-13-6-4-9-16(22-2)18(13)24-17/h3-9,11-12H,1,10H2,2H3,(H,20,21). The van der Waals surface area contributed by atoms with Crippen LogP contribution in [0.5, 0.6) is 11.5 Å². The van der Waals surface area contributed by atoms with Gasteiger partial charge in [0.2, 0.25) is 0 Å². The van der Waals surface area contributed by atoms with Crippen molar-refractivity contribution in [3.05, 3.63) is 66.9 Å². The number of benzene rings is 2. The summed E-state index contributed by atoms with van der Waals surface area (Å²) < 4.78 is 16.3. The Morgan fingerprint density at radius 1 is 1.25 bits per heavy atom. The number of hydrogen-bond donors (Lipinski definition) is 1. The number of amides is 1. The molecular formula is C19H17NO4. The number of para-hydroxylation sites is 1. The van der Waals surface area contributed by atoms with E-state index in [1.165, 1.54) is 0 Å². The van der Waals surface area contributed by atoms with Crippen LogP contribution in [0.2, 0.25) is 0 Å². The highest BCUT2D eigenvalue weighted by Crippen LogP contribution is 2.29. The van der Waals surface area contributed by atoms with Crippen molar-refractivity contribution in [1.29, 1.82) is 0 Å². The van der Waals surface area contributed by atoms with Gasteiger partial charge in [0.1, 0.15) is 12.4 Å². The Labute approximate surface area is 139 Å². The number of carbonyl (C=O) groups excluding carboxylic acids is 1. The second-order valence-corrected chi connectivity index (χ2v) is 5.07. The molecule has 0 radical (unpaired) electrons. The quantitative estimate of drug-likeness (QED) is 0.689. The number of methoxy groups -OCH3 is 1. The maximum atomic E-state index is 12.4. The molecule has 0 saturated carbocycles. The second kappa shape index (κ2) is 6.91. The lowest BCUT2D eigenvalue weighted by atomic mass is 10.2. The van der Waals surface area contributed by atoms with Crippen LogP contribution < -0.4 is 14.8 Å². The van der Waals surface area contributed by atoms with E-state index in [1.807, 2.05) is 18.2 Å². The summed E-state index contributed by atoms with van der Waals surface area (Å²) in [7, 11) is 1.56. The van der Waals surface area contributed by atoms with Crippen LogP contribution in [0.3, 0.4) is 0 Å². The van der Waals surface area contributed by atoms with Gasteiger partial charge >= 0.3 is 0 Å². The van der Waals surface area contributed by atoms with Gasteiger partial charge in [0.15, 0.2) is 17.1 Å². The molecule has 5 nitrogen and oxygen atoms in total. The van der Waals surface area contributed by atoms with E-state index < -0.39 is 0 Å². The number of hydrogen-bond acceptors (Lipinski definition) is 4. The van der Waals surface area contributed by atoms with Crippen molar-refractivity contribution in [2.45, 2.75) is 0 Å². The van der Waals surface area contributed by atoms with Crippen LogP contribution in [0.1, 0.15) is 10.6 Å². The number of anilines is 1. The molecule has 1 heterocycles. The molecule has 1 aromatic heterocycles. The van der Waals surface area contributed by atoms with Gasteiger partial charge in [-0.3, -0.25) is 4.79 Å². The van der Waals surface area contributed by atoms with Crippen molar-refractivity contribution >= 4 is 22.6 Å². The third-order valence-corrected chi connectivity index (χ3v) is 3.41. The molecule has 3 aromatic rings. The highest BCUT2D eigenvalue weighted by atomic mass is 16.5. The molecule has 0 fully saturated rings. The lowest BCUT2D eigenvalue weighted by Crippen LogP contribution is -2.10. The Hall–Kier alpha value is -3.21. The number of rotatable bonds is 6. The Balaban J connectivity index is 1.81. The van der Waals surface area contributed by atoms with Crippen molar-refractivity contribution in [2.75, 3.05) is 19.0 Å². The maximum absolute atomic E-state index is 12.4. The van der Waals surface area contributed by atoms with Crippen LogP contribution in [-0.4, -0.2) is 19.6 Å².